The van der Waals surface area contributed by atoms with E-state index in [-0.39, 0.29) is 18.2 Å². The SMILES string of the molecule is CCCOc1ccc(C[CH2][Mg][Br])cc1. The van der Waals surface area contributed by atoms with Gasteiger partial charge in [0.1, 0.15) is 5.75 Å². The molecule has 0 N–H and O–H groups in total. The molecule has 0 bridgehead atoms. The van der Waals surface area contributed by atoms with Crippen molar-refractivity contribution < 1.29 is 4.74 Å². The molecule has 0 aliphatic rings. The van der Waals surface area contributed by atoms with Crippen LogP contribution in [-0.2, 0) is 6.42 Å². The third kappa shape index (κ3) is 4.67. The molecule has 0 saturated heterocycles. The van der Waals surface area contributed by atoms with Gasteiger partial charge < -0.3 is 17.6 Å². The normalized spacial score (nSPS) is 9.57. The lowest BCUT2D eigenvalue weighted by molar-refractivity contribution is 0.317. The summed E-state index contributed by atoms with van der Waals surface area (Å²) < 4.78 is 6.84. The first-order valence-electron chi connectivity index (χ1n) is 5.14. The topological polar surface area (TPSA) is 9.23 Å². The van der Waals surface area contributed by atoms with Crippen LogP contribution in [0.4, 0.5) is 0 Å². The van der Waals surface area contributed by atoms with E-state index < -0.39 is 0 Å². The van der Waals surface area contributed by atoms with Gasteiger partial charge >= 0.3 is 18.2 Å². The van der Waals surface area contributed by atoms with Crippen LogP contribution in [0.25, 0.3) is 0 Å². The molecule has 0 atom stereocenters. The number of rotatable bonds is 6. The molecule has 0 amide bonds. The lowest BCUT2D eigenvalue weighted by atomic mass is 10.2. The van der Waals surface area contributed by atoms with Crippen LogP contribution in [0.1, 0.15) is 18.9 Å². The standard InChI is InChI=1S/C11H15O.BrH.Mg/c1-3-9-12-11-7-5-10(4-2)6-8-11;;/h5-8H,2-4,9H2,1H3;1H;/q;;+1/p-1. The largest absolute Gasteiger partial charge is 0.494 e. The summed E-state index contributed by atoms with van der Waals surface area (Å²) in [5.41, 5.74) is 1.42. The molecule has 74 valence electrons. The van der Waals surface area contributed by atoms with E-state index in [1.807, 2.05) is 0 Å². The van der Waals surface area contributed by atoms with Crippen molar-refractivity contribution in [2.75, 3.05) is 6.61 Å². The summed E-state index contributed by atoms with van der Waals surface area (Å²) in [7, 11) is 0. The van der Waals surface area contributed by atoms with Gasteiger partial charge in [0, 0.05) is 0 Å². The molecule has 0 aliphatic carbocycles. The minimum Gasteiger partial charge on any atom is -0.494 e. The third-order valence-electron chi connectivity index (χ3n) is 2.00. The summed E-state index contributed by atoms with van der Waals surface area (Å²) >= 11 is 3.60. The monoisotopic (exact) mass is 266 g/mol. The van der Waals surface area contributed by atoms with Crippen molar-refractivity contribution in [1.82, 2.24) is 0 Å². The zero-order valence-electron chi connectivity index (χ0n) is 8.63. The number of benzene rings is 1. The minimum absolute atomic E-state index is 0.0284. The van der Waals surface area contributed by atoms with E-state index in [9.17, 15) is 0 Å². The lowest BCUT2D eigenvalue weighted by Gasteiger charge is -2.05. The van der Waals surface area contributed by atoms with Gasteiger partial charge in [-0.15, -0.1) is 4.55 Å². The van der Waals surface area contributed by atoms with Crippen molar-refractivity contribution in [3.63, 3.8) is 0 Å². The Morgan fingerprint density at radius 1 is 1.29 bits per heavy atom. The van der Waals surface area contributed by atoms with Crippen molar-refractivity contribution in [3.8, 4) is 5.75 Å². The molecule has 1 nitrogen and oxygen atoms in total. The van der Waals surface area contributed by atoms with Gasteiger partial charge in [-0.3, -0.25) is 0 Å². The minimum atomic E-state index is 0.0284. The third-order valence-corrected chi connectivity index (χ3v) is 4.30. The van der Waals surface area contributed by atoms with Gasteiger partial charge in [0.25, 0.3) is 0 Å². The van der Waals surface area contributed by atoms with Gasteiger partial charge in [-0.25, -0.2) is 0 Å². The number of aryl methyl sites for hydroxylation is 1. The predicted octanol–water partition coefficient (Wildman–Crippen LogP) is 3.45. The summed E-state index contributed by atoms with van der Waals surface area (Å²) in [5, 5.41) is 0. The second kappa shape index (κ2) is 7.54. The Balaban J connectivity index is 2.42. The van der Waals surface area contributed by atoms with Crippen LogP contribution in [0.15, 0.2) is 24.3 Å². The van der Waals surface area contributed by atoms with Gasteiger partial charge in [-0.1, -0.05) is 19.1 Å². The van der Waals surface area contributed by atoms with E-state index in [4.69, 9.17) is 4.74 Å². The summed E-state index contributed by atoms with van der Waals surface area (Å²) in [6.45, 7) is 2.93. The van der Waals surface area contributed by atoms with Crippen molar-refractivity contribution >= 4 is 31.1 Å². The summed E-state index contributed by atoms with van der Waals surface area (Å²) in [4.78, 5) is 0. The van der Waals surface area contributed by atoms with E-state index in [1.54, 1.807) is 0 Å². The molecule has 0 spiro atoms. The molecule has 14 heavy (non-hydrogen) atoms. The average molecular weight is 267 g/mol. The first kappa shape index (κ1) is 12.3. The van der Waals surface area contributed by atoms with Crippen LogP contribution in [-0.4, -0.2) is 24.8 Å². The van der Waals surface area contributed by atoms with Gasteiger partial charge in [0.15, 0.2) is 0 Å². The Morgan fingerprint density at radius 2 is 2.00 bits per heavy atom. The molecular formula is C11H15BrMgO. The van der Waals surface area contributed by atoms with E-state index >= 15 is 0 Å². The first-order valence-corrected chi connectivity index (χ1v) is 10.0. The van der Waals surface area contributed by atoms with E-state index in [2.05, 4.69) is 44.1 Å². The van der Waals surface area contributed by atoms with Crippen LogP contribution in [0, 0.1) is 0 Å². The van der Waals surface area contributed by atoms with Gasteiger partial charge in [0.05, 0.1) is 6.61 Å². The molecule has 1 aromatic rings. The van der Waals surface area contributed by atoms with E-state index in [0.29, 0.717) is 0 Å². The molecule has 1 aromatic carbocycles. The molecule has 3 heteroatoms. The molecule has 0 aromatic heterocycles. The van der Waals surface area contributed by atoms with Crippen LogP contribution in [0.3, 0.4) is 0 Å². The van der Waals surface area contributed by atoms with Crippen molar-refractivity contribution in [2.24, 2.45) is 0 Å². The van der Waals surface area contributed by atoms with Gasteiger partial charge in [-0.2, -0.15) is 0 Å². The number of ether oxygens (including phenoxy) is 1. The first-order chi connectivity index (χ1) is 6.86. The number of hydrogen-bond acceptors (Lipinski definition) is 1. The highest BCUT2D eigenvalue weighted by molar-refractivity contribution is 9.23. The maximum absolute atomic E-state index is 5.51. The molecule has 0 unspecified atom stereocenters. The Labute approximate surface area is 102 Å². The van der Waals surface area contributed by atoms with E-state index in [0.717, 1.165) is 18.8 Å². The summed E-state index contributed by atoms with van der Waals surface area (Å²) in [6.07, 6.45) is 2.27. The fourth-order valence-corrected chi connectivity index (χ4v) is 2.63. The molecular weight excluding hydrogens is 252 g/mol. The summed E-state index contributed by atoms with van der Waals surface area (Å²) in [6, 6.07) is 8.48. The number of hydrogen-bond donors (Lipinski definition) is 0. The Hall–Kier alpha value is 0.266. The Morgan fingerprint density at radius 3 is 2.57 bits per heavy atom. The fraction of sp³-hybridized carbons (Fsp3) is 0.455. The molecule has 0 radical (unpaired) electrons. The van der Waals surface area contributed by atoms with Crippen LogP contribution in [0.5, 0.6) is 5.75 Å². The number of halogens is 1. The fourth-order valence-electron chi connectivity index (χ4n) is 1.24. The molecule has 1 rings (SSSR count). The lowest BCUT2D eigenvalue weighted by Crippen LogP contribution is -1.95. The van der Waals surface area contributed by atoms with E-state index in [1.165, 1.54) is 16.5 Å². The van der Waals surface area contributed by atoms with Crippen LogP contribution >= 0.6 is 12.9 Å². The zero-order valence-corrected chi connectivity index (χ0v) is 11.6. The molecule has 0 fully saturated rings. The van der Waals surface area contributed by atoms with Crippen LogP contribution in [0.2, 0.25) is 4.55 Å². The Bertz CT molecular complexity index is 221. The van der Waals surface area contributed by atoms with Crippen molar-refractivity contribution in [1.29, 1.82) is 0 Å². The molecule has 0 aliphatic heterocycles. The predicted molar refractivity (Wildman–Crippen MR) is 65.4 cm³/mol. The van der Waals surface area contributed by atoms with Gasteiger partial charge in [0.2, 0.25) is 0 Å². The highest BCUT2D eigenvalue weighted by atomic mass is 79.9. The zero-order chi connectivity index (χ0) is 10.2. The molecule has 0 saturated carbocycles. The van der Waals surface area contributed by atoms with Crippen molar-refractivity contribution in [2.45, 2.75) is 24.3 Å². The van der Waals surface area contributed by atoms with Crippen molar-refractivity contribution in [3.05, 3.63) is 29.8 Å². The maximum Gasteiger partial charge on any atom is 0.468 e. The molecule has 0 heterocycles. The quantitative estimate of drug-likeness (QED) is 0.717. The Kier molecular flexibility index (Phi) is 6.65. The highest BCUT2D eigenvalue weighted by Gasteiger charge is 1.96. The second-order valence-corrected chi connectivity index (χ2v) is 6.75. The summed E-state index contributed by atoms with van der Waals surface area (Å²) in [5.74, 6) is 0.992. The maximum atomic E-state index is 5.51. The van der Waals surface area contributed by atoms with Crippen LogP contribution < -0.4 is 4.74 Å². The second-order valence-electron chi connectivity index (χ2n) is 3.28. The highest BCUT2D eigenvalue weighted by Crippen LogP contribution is 2.13. The van der Waals surface area contributed by atoms with Gasteiger partial charge in [-0.05, 0) is 30.5 Å². The average Bonchev–Trinajstić information content (AvgIpc) is 2.25. The smallest absolute Gasteiger partial charge is 0.468 e.